The lowest BCUT2D eigenvalue weighted by Crippen LogP contribution is -2.11. The molecule has 1 aromatic carbocycles. The van der Waals surface area contributed by atoms with Gasteiger partial charge in [-0.2, -0.15) is 13.2 Å². The Hall–Kier alpha value is -1.53. The maximum atomic E-state index is 12.0. The van der Waals surface area contributed by atoms with Gasteiger partial charge < -0.3 is 14.9 Å². The van der Waals surface area contributed by atoms with Crippen molar-refractivity contribution >= 4 is 11.0 Å². The molecule has 0 aliphatic heterocycles. The minimum atomic E-state index is -4.20. The lowest BCUT2D eigenvalue weighted by molar-refractivity contribution is -0.146. The maximum Gasteiger partial charge on any atom is 0.391 e. The van der Waals surface area contributed by atoms with Crippen molar-refractivity contribution in [3.8, 4) is 0 Å². The molecular formula is C13H14F3NO2. The average Bonchev–Trinajstić information content (AvgIpc) is 2.71. The van der Waals surface area contributed by atoms with Crippen molar-refractivity contribution in [3.05, 3.63) is 35.6 Å². The zero-order valence-corrected chi connectivity index (χ0v) is 10.2. The van der Waals surface area contributed by atoms with Crippen LogP contribution in [0.3, 0.4) is 0 Å². The SMILES string of the molecule is NCc1c(COCCC(F)(F)F)oc2ccccc12. The van der Waals surface area contributed by atoms with Crippen LogP contribution in [0.25, 0.3) is 11.0 Å². The van der Waals surface area contributed by atoms with Crippen LogP contribution in [-0.2, 0) is 17.9 Å². The first-order valence-electron chi connectivity index (χ1n) is 5.85. The second kappa shape index (κ2) is 5.63. The van der Waals surface area contributed by atoms with E-state index >= 15 is 0 Å². The van der Waals surface area contributed by atoms with Gasteiger partial charge in [0, 0.05) is 17.5 Å². The van der Waals surface area contributed by atoms with E-state index in [4.69, 9.17) is 14.9 Å². The van der Waals surface area contributed by atoms with Crippen LogP contribution in [0.5, 0.6) is 0 Å². The first kappa shape index (κ1) is 13.9. The van der Waals surface area contributed by atoms with Crippen LogP contribution in [0, 0.1) is 0 Å². The van der Waals surface area contributed by atoms with E-state index in [1.165, 1.54) is 0 Å². The van der Waals surface area contributed by atoms with Crippen molar-refractivity contribution in [2.75, 3.05) is 6.61 Å². The molecule has 0 amide bonds. The van der Waals surface area contributed by atoms with Crippen LogP contribution >= 0.6 is 0 Å². The first-order valence-corrected chi connectivity index (χ1v) is 5.85. The summed E-state index contributed by atoms with van der Waals surface area (Å²) < 4.78 is 46.4. The fraction of sp³-hybridized carbons (Fsp3) is 0.385. The van der Waals surface area contributed by atoms with Gasteiger partial charge in [0.25, 0.3) is 0 Å². The number of nitrogens with two attached hydrogens (primary N) is 1. The van der Waals surface area contributed by atoms with Gasteiger partial charge in [-0.25, -0.2) is 0 Å². The Labute approximate surface area is 108 Å². The maximum absolute atomic E-state index is 12.0. The fourth-order valence-electron chi connectivity index (χ4n) is 1.84. The molecule has 0 unspecified atom stereocenters. The lowest BCUT2D eigenvalue weighted by Gasteiger charge is -2.06. The van der Waals surface area contributed by atoms with E-state index in [1.807, 2.05) is 18.2 Å². The van der Waals surface area contributed by atoms with Gasteiger partial charge in [-0.05, 0) is 6.07 Å². The molecule has 104 valence electrons. The summed E-state index contributed by atoms with van der Waals surface area (Å²) in [4.78, 5) is 0. The average molecular weight is 273 g/mol. The van der Waals surface area contributed by atoms with Gasteiger partial charge in [-0.3, -0.25) is 0 Å². The van der Waals surface area contributed by atoms with Gasteiger partial charge in [0.2, 0.25) is 0 Å². The number of fused-ring (bicyclic) bond motifs is 1. The summed E-state index contributed by atoms with van der Waals surface area (Å²) in [5, 5.41) is 0.874. The van der Waals surface area contributed by atoms with Crippen LogP contribution in [-0.4, -0.2) is 12.8 Å². The monoisotopic (exact) mass is 273 g/mol. The quantitative estimate of drug-likeness (QED) is 0.850. The van der Waals surface area contributed by atoms with E-state index in [0.29, 0.717) is 11.3 Å². The second-order valence-corrected chi connectivity index (χ2v) is 4.12. The second-order valence-electron chi connectivity index (χ2n) is 4.12. The number of hydrogen-bond donors (Lipinski definition) is 1. The number of halogens is 3. The standard InChI is InChI=1S/C13H14F3NO2/c14-13(15,16)5-6-18-8-12-10(7-17)9-3-1-2-4-11(9)19-12/h1-4H,5-8,17H2. The lowest BCUT2D eigenvalue weighted by atomic mass is 10.1. The highest BCUT2D eigenvalue weighted by molar-refractivity contribution is 5.82. The Morgan fingerprint density at radius 2 is 1.95 bits per heavy atom. The van der Waals surface area contributed by atoms with E-state index < -0.39 is 12.6 Å². The summed E-state index contributed by atoms with van der Waals surface area (Å²) in [5.74, 6) is 0.492. The third kappa shape index (κ3) is 3.48. The van der Waals surface area contributed by atoms with Crippen molar-refractivity contribution in [2.45, 2.75) is 25.7 Å². The summed E-state index contributed by atoms with van der Waals surface area (Å²) in [7, 11) is 0. The van der Waals surface area contributed by atoms with Crippen molar-refractivity contribution in [2.24, 2.45) is 5.73 Å². The number of hydrogen-bond acceptors (Lipinski definition) is 3. The molecule has 19 heavy (non-hydrogen) atoms. The Morgan fingerprint density at radius 3 is 2.63 bits per heavy atom. The summed E-state index contributed by atoms with van der Waals surface area (Å²) >= 11 is 0. The first-order chi connectivity index (χ1) is 9.01. The molecule has 0 aliphatic carbocycles. The molecule has 2 rings (SSSR count). The molecule has 0 bridgehead atoms. The van der Waals surface area contributed by atoms with Crippen LogP contribution in [0.15, 0.2) is 28.7 Å². The largest absolute Gasteiger partial charge is 0.458 e. The molecular weight excluding hydrogens is 259 g/mol. The van der Waals surface area contributed by atoms with Crippen molar-refractivity contribution in [3.63, 3.8) is 0 Å². The van der Waals surface area contributed by atoms with Crippen LogP contribution in [0.1, 0.15) is 17.7 Å². The van der Waals surface area contributed by atoms with E-state index in [0.717, 1.165) is 10.9 Å². The Balaban J connectivity index is 2.04. The van der Waals surface area contributed by atoms with Crippen LogP contribution < -0.4 is 5.73 Å². The molecule has 1 aromatic heterocycles. The van der Waals surface area contributed by atoms with Gasteiger partial charge in [0.15, 0.2) is 0 Å². The highest BCUT2D eigenvalue weighted by atomic mass is 19.4. The molecule has 2 N–H and O–H groups in total. The molecule has 0 fully saturated rings. The highest BCUT2D eigenvalue weighted by Gasteiger charge is 2.26. The topological polar surface area (TPSA) is 48.4 Å². The Kier molecular flexibility index (Phi) is 4.11. The smallest absolute Gasteiger partial charge is 0.391 e. The predicted octanol–water partition coefficient (Wildman–Crippen LogP) is 3.36. The molecule has 0 spiro atoms. The molecule has 1 heterocycles. The van der Waals surface area contributed by atoms with Crippen molar-refractivity contribution < 1.29 is 22.3 Å². The van der Waals surface area contributed by atoms with Gasteiger partial charge in [-0.15, -0.1) is 0 Å². The summed E-state index contributed by atoms with van der Waals surface area (Å²) in [6.45, 7) is -0.128. The zero-order chi connectivity index (χ0) is 13.9. The highest BCUT2D eigenvalue weighted by Crippen LogP contribution is 2.26. The minimum Gasteiger partial charge on any atom is -0.458 e. The van der Waals surface area contributed by atoms with Gasteiger partial charge in [-0.1, -0.05) is 18.2 Å². The molecule has 3 nitrogen and oxygen atoms in total. The molecule has 0 saturated heterocycles. The van der Waals surface area contributed by atoms with Gasteiger partial charge >= 0.3 is 6.18 Å². The number of ether oxygens (including phenoxy) is 1. The van der Waals surface area contributed by atoms with Crippen LogP contribution in [0.4, 0.5) is 13.2 Å². The van der Waals surface area contributed by atoms with E-state index in [9.17, 15) is 13.2 Å². The van der Waals surface area contributed by atoms with Gasteiger partial charge in [0.1, 0.15) is 18.0 Å². The van der Waals surface area contributed by atoms with E-state index in [2.05, 4.69) is 0 Å². The van der Waals surface area contributed by atoms with Crippen LogP contribution in [0.2, 0.25) is 0 Å². The molecule has 0 aliphatic rings. The predicted molar refractivity (Wildman–Crippen MR) is 64.4 cm³/mol. The fourth-order valence-corrected chi connectivity index (χ4v) is 1.84. The summed E-state index contributed by atoms with van der Waals surface area (Å²) in [6, 6.07) is 7.32. The summed E-state index contributed by atoms with van der Waals surface area (Å²) in [5.41, 5.74) is 7.08. The third-order valence-electron chi connectivity index (χ3n) is 2.75. The minimum absolute atomic E-state index is 0.00269. The van der Waals surface area contributed by atoms with Gasteiger partial charge in [0.05, 0.1) is 13.0 Å². The molecule has 2 aromatic rings. The Morgan fingerprint density at radius 1 is 1.21 bits per heavy atom. The third-order valence-corrected chi connectivity index (χ3v) is 2.75. The van der Waals surface area contributed by atoms with E-state index in [1.54, 1.807) is 6.07 Å². The molecule has 0 atom stereocenters. The number of alkyl halides is 3. The number of benzene rings is 1. The Bertz CT molecular complexity index is 548. The zero-order valence-electron chi connectivity index (χ0n) is 10.2. The molecule has 6 heteroatoms. The number of para-hydroxylation sites is 1. The van der Waals surface area contributed by atoms with Crippen molar-refractivity contribution in [1.82, 2.24) is 0 Å². The van der Waals surface area contributed by atoms with Crippen molar-refractivity contribution in [1.29, 1.82) is 0 Å². The number of rotatable bonds is 5. The van der Waals surface area contributed by atoms with E-state index in [-0.39, 0.29) is 19.8 Å². The summed E-state index contributed by atoms with van der Waals surface area (Å²) in [6.07, 6.45) is -5.17. The normalized spacial score (nSPS) is 12.2. The molecule has 0 radical (unpaired) electrons. The number of furan rings is 1. The molecule has 0 saturated carbocycles.